The van der Waals surface area contributed by atoms with Gasteiger partial charge in [0, 0.05) is 30.1 Å². The average Bonchev–Trinajstić information content (AvgIpc) is 3.49. The number of anilines is 1. The Kier molecular flexibility index (Phi) is 4.49. The lowest BCUT2D eigenvalue weighted by Crippen LogP contribution is -2.43. The fourth-order valence-electron chi connectivity index (χ4n) is 4.31. The number of rotatable bonds is 4. The van der Waals surface area contributed by atoms with E-state index in [1.54, 1.807) is 0 Å². The van der Waals surface area contributed by atoms with Crippen LogP contribution in [0.2, 0.25) is 0 Å². The molecule has 1 aliphatic carbocycles. The summed E-state index contributed by atoms with van der Waals surface area (Å²) in [5.74, 6) is 2.09. The summed E-state index contributed by atoms with van der Waals surface area (Å²) in [5.41, 5.74) is 3.15. The molecule has 6 nitrogen and oxygen atoms in total. The molecule has 0 aromatic heterocycles. The molecule has 1 saturated carbocycles. The molecule has 29 heavy (non-hydrogen) atoms. The highest BCUT2D eigenvalue weighted by atomic mass is 16.5. The predicted molar refractivity (Wildman–Crippen MR) is 111 cm³/mol. The first-order valence-corrected chi connectivity index (χ1v) is 10.5. The SMILES string of the molecule is CC1CCc2c(ccc(C3CN(C)N=N3)c2Oc2ccccc2)N1C(=O)C1CC1. The van der Waals surface area contributed by atoms with Gasteiger partial charge < -0.3 is 9.64 Å². The van der Waals surface area contributed by atoms with Gasteiger partial charge in [-0.25, -0.2) is 0 Å². The lowest BCUT2D eigenvalue weighted by atomic mass is 9.91. The Morgan fingerprint density at radius 3 is 2.59 bits per heavy atom. The molecule has 2 heterocycles. The number of benzene rings is 2. The maximum absolute atomic E-state index is 13.0. The number of carbonyl (C=O) groups excluding carboxylic acids is 1. The molecule has 5 rings (SSSR count). The van der Waals surface area contributed by atoms with Crippen LogP contribution in [0, 0.1) is 5.92 Å². The number of likely N-dealkylation sites (N-methyl/N-ethyl adjacent to an activating group) is 1. The number of hydrogen-bond acceptors (Lipinski definition) is 5. The van der Waals surface area contributed by atoms with Crippen LogP contribution in [0.5, 0.6) is 11.5 Å². The minimum Gasteiger partial charge on any atom is -0.457 e. The molecular weight excluding hydrogens is 364 g/mol. The maximum atomic E-state index is 13.0. The highest BCUT2D eigenvalue weighted by Gasteiger charge is 2.39. The van der Waals surface area contributed by atoms with E-state index in [9.17, 15) is 4.79 Å². The van der Waals surface area contributed by atoms with Crippen molar-refractivity contribution in [2.75, 3.05) is 18.5 Å². The van der Waals surface area contributed by atoms with Crippen molar-refractivity contribution in [3.8, 4) is 11.5 Å². The second-order valence-corrected chi connectivity index (χ2v) is 8.33. The Bertz CT molecular complexity index is 955. The van der Waals surface area contributed by atoms with Crippen LogP contribution in [0.3, 0.4) is 0 Å². The summed E-state index contributed by atoms with van der Waals surface area (Å²) < 4.78 is 6.44. The van der Waals surface area contributed by atoms with Crippen LogP contribution in [0.25, 0.3) is 0 Å². The third-order valence-corrected chi connectivity index (χ3v) is 6.05. The van der Waals surface area contributed by atoms with Crippen LogP contribution in [0.4, 0.5) is 5.69 Å². The van der Waals surface area contributed by atoms with Gasteiger partial charge in [0.1, 0.15) is 17.5 Å². The zero-order chi connectivity index (χ0) is 20.0. The molecule has 0 bridgehead atoms. The first kappa shape index (κ1) is 18.2. The van der Waals surface area contributed by atoms with Crippen LogP contribution in [-0.4, -0.2) is 30.6 Å². The average molecular weight is 390 g/mol. The minimum atomic E-state index is -0.0593. The number of fused-ring (bicyclic) bond motifs is 1. The lowest BCUT2D eigenvalue weighted by molar-refractivity contribution is -0.120. The van der Waals surface area contributed by atoms with Gasteiger partial charge in [-0.3, -0.25) is 9.80 Å². The second kappa shape index (κ2) is 7.17. The largest absolute Gasteiger partial charge is 0.457 e. The Morgan fingerprint density at radius 2 is 1.90 bits per heavy atom. The summed E-state index contributed by atoms with van der Waals surface area (Å²) in [6.07, 6.45) is 3.85. The molecule has 0 radical (unpaired) electrons. The Labute approximate surface area is 171 Å². The molecule has 3 aliphatic rings. The van der Waals surface area contributed by atoms with Crippen molar-refractivity contribution >= 4 is 11.6 Å². The summed E-state index contributed by atoms with van der Waals surface area (Å²) in [6.45, 7) is 2.88. The van der Waals surface area contributed by atoms with Crippen LogP contribution in [0.15, 0.2) is 52.8 Å². The molecule has 0 saturated heterocycles. The van der Waals surface area contributed by atoms with E-state index in [4.69, 9.17) is 4.74 Å². The van der Waals surface area contributed by atoms with E-state index in [-0.39, 0.29) is 23.9 Å². The van der Waals surface area contributed by atoms with E-state index in [1.807, 2.05) is 47.3 Å². The topological polar surface area (TPSA) is 57.5 Å². The monoisotopic (exact) mass is 390 g/mol. The fourth-order valence-corrected chi connectivity index (χ4v) is 4.31. The molecule has 6 heteroatoms. The summed E-state index contributed by atoms with van der Waals surface area (Å²) in [4.78, 5) is 15.0. The standard InChI is InChI=1S/C23H26N4O2/c1-15-8-11-19-21(27(15)23(28)16-9-10-16)13-12-18(20-14-26(2)25-24-20)22(19)29-17-6-4-3-5-7-17/h3-7,12-13,15-16,20H,8-11,14H2,1-2H3. The quantitative estimate of drug-likeness (QED) is 0.745. The van der Waals surface area contributed by atoms with E-state index in [1.165, 1.54) is 0 Å². The fraction of sp³-hybridized carbons (Fsp3) is 0.435. The first-order valence-electron chi connectivity index (χ1n) is 10.5. The molecule has 2 aromatic rings. The van der Waals surface area contributed by atoms with Crippen molar-refractivity contribution in [2.24, 2.45) is 16.3 Å². The van der Waals surface area contributed by atoms with E-state index in [2.05, 4.69) is 29.4 Å². The van der Waals surface area contributed by atoms with Crippen LogP contribution in [-0.2, 0) is 11.2 Å². The molecule has 1 fully saturated rings. The minimum absolute atomic E-state index is 0.0593. The number of para-hydroxylation sites is 1. The zero-order valence-corrected chi connectivity index (χ0v) is 16.9. The Hall–Kier alpha value is -2.89. The highest BCUT2D eigenvalue weighted by molar-refractivity contribution is 5.98. The van der Waals surface area contributed by atoms with Gasteiger partial charge in [0.15, 0.2) is 0 Å². The number of ether oxygens (including phenoxy) is 1. The van der Waals surface area contributed by atoms with Gasteiger partial charge in [-0.15, -0.1) is 0 Å². The molecule has 2 atom stereocenters. The number of carbonyl (C=O) groups is 1. The lowest BCUT2D eigenvalue weighted by Gasteiger charge is -2.37. The maximum Gasteiger partial charge on any atom is 0.230 e. The van der Waals surface area contributed by atoms with Gasteiger partial charge in [-0.2, -0.15) is 5.11 Å². The summed E-state index contributed by atoms with van der Waals surface area (Å²) in [5, 5.41) is 10.5. The van der Waals surface area contributed by atoms with Crippen LogP contribution >= 0.6 is 0 Å². The van der Waals surface area contributed by atoms with E-state index in [0.29, 0.717) is 0 Å². The summed E-state index contributed by atoms with van der Waals surface area (Å²) in [6, 6.07) is 14.2. The van der Waals surface area contributed by atoms with Gasteiger partial charge in [0.2, 0.25) is 5.91 Å². The van der Waals surface area contributed by atoms with Crippen LogP contribution in [0.1, 0.15) is 43.4 Å². The van der Waals surface area contributed by atoms with Crippen LogP contribution < -0.4 is 9.64 Å². The van der Waals surface area contributed by atoms with Gasteiger partial charge >= 0.3 is 0 Å². The summed E-state index contributed by atoms with van der Waals surface area (Å²) in [7, 11) is 1.93. The molecule has 2 aliphatic heterocycles. The third kappa shape index (κ3) is 3.37. The van der Waals surface area contributed by atoms with Crippen molar-refractivity contribution in [1.29, 1.82) is 0 Å². The smallest absolute Gasteiger partial charge is 0.230 e. The van der Waals surface area contributed by atoms with Crippen molar-refractivity contribution < 1.29 is 9.53 Å². The third-order valence-electron chi connectivity index (χ3n) is 6.05. The van der Waals surface area contributed by atoms with Gasteiger partial charge in [0.25, 0.3) is 0 Å². The second-order valence-electron chi connectivity index (χ2n) is 8.33. The molecule has 0 spiro atoms. The molecule has 0 N–H and O–H groups in total. The highest BCUT2D eigenvalue weighted by Crippen LogP contribution is 2.46. The zero-order valence-electron chi connectivity index (χ0n) is 16.9. The molecule has 150 valence electrons. The molecular formula is C23H26N4O2. The van der Waals surface area contributed by atoms with Gasteiger partial charge in [-0.1, -0.05) is 29.5 Å². The van der Waals surface area contributed by atoms with E-state index in [0.717, 1.165) is 60.5 Å². The Balaban J connectivity index is 1.60. The normalized spacial score (nSPS) is 23.2. The van der Waals surface area contributed by atoms with Gasteiger partial charge in [0.05, 0.1) is 12.2 Å². The number of hydrogen-bond donors (Lipinski definition) is 0. The summed E-state index contributed by atoms with van der Waals surface area (Å²) >= 11 is 0. The van der Waals surface area contributed by atoms with Crippen molar-refractivity contribution in [3.63, 3.8) is 0 Å². The molecule has 1 amide bonds. The van der Waals surface area contributed by atoms with Crippen molar-refractivity contribution in [3.05, 3.63) is 53.6 Å². The predicted octanol–water partition coefficient (Wildman–Crippen LogP) is 4.91. The van der Waals surface area contributed by atoms with Crippen molar-refractivity contribution in [2.45, 2.75) is 44.7 Å². The first-order chi connectivity index (χ1) is 14.1. The van der Waals surface area contributed by atoms with Gasteiger partial charge in [-0.05, 0) is 50.8 Å². The van der Waals surface area contributed by atoms with Crippen molar-refractivity contribution in [1.82, 2.24) is 5.01 Å². The van der Waals surface area contributed by atoms with E-state index < -0.39 is 0 Å². The number of nitrogens with zero attached hydrogens (tertiary/aromatic N) is 4. The molecule has 2 aromatic carbocycles. The number of amides is 1. The Morgan fingerprint density at radius 1 is 1.10 bits per heavy atom. The van der Waals surface area contributed by atoms with E-state index >= 15 is 0 Å². The molecule has 2 unspecified atom stereocenters.